The second kappa shape index (κ2) is 6.07. The third-order valence-electron chi connectivity index (χ3n) is 2.35. The summed E-state index contributed by atoms with van der Waals surface area (Å²) in [5.74, 6) is -1.01. The Morgan fingerprint density at radius 1 is 1.33 bits per heavy atom. The molecule has 18 heavy (non-hydrogen) atoms. The number of ether oxygens (including phenoxy) is 1. The molecule has 1 aromatic carbocycles. The number of benzene rings is 1. The smallest absolute Gasteiger partial charge is 0.336 e. The van der Waals surface area contributed by atoms with Gasteiger partial charge in [-0.25, -0.2) is 4.79 Å². The highest BCUT2D eigenvalue weighted by atomic mass is 16.6. The van der Waals surface area contributed by atoms with Crippen LogP contribution in [-0.2, 0) is 25.5 Å². The zero-order valence-electron chi connectivity index (χ0n) is 9.91. The first-order valence-corrected chi connectivity index (χ1v) is 5.40. The van der Waals surface area contributed by atoms with E-state index in [1.165, 1.54) is 6.92 Å². The van der Waals surface area contributed by atoms with Crippen molar-refractivity contribution in [3.05, 3.63) is 35.9 Å². The lowest BCUT2D eigenvalue weighted by Gasteiger charge is -2.22. The molecule has 0 heterocycles. The van der Waals surface area contributed by atoms with Crippen LogP contribution in [0.2, 0.25) is 0 Å². The summed E-state index contributed by atoms with van der Waals surface area (Å²) >= 11 is 0. The van der Waals surface area contributed by atoms with Crippen molar-refractivity contribution in [2.75, 3.05) is 0 Å². The minimum Gasteiger partial charge on any atom is -0.441 e. The van der Waals surface area contributed by atoms with Crippen LogP contribution < -0.4 is 0 Å². The molecule has 1 atom stereocenters. The molecule has 0 saturated heterocycles. The molecule has 0 radical (unpaired) electrons. The SMILES string of the molecule is CC(O)C(=O)OC(C=O)(C=O)Cc1ccccc1. The van der Waals surface area contributed by atoms with Gasteiger partial charge in [0.1, 0.15) is 6.10 Å². The average Bonchev–Trinajstić information content (AvgIpc) is 2.38. The monoisotopic (exact) mass is 250 g/mol. The Morgan fingerprint density at radius 2 is 1.89 bits per heavy atom. The van der Waals surface area contributed by atoms with Crippen molar-refractivity contribution < 1.29 is 24.2 Å². The zero-order valence-corrected chi connectivity index (χ0v) is 9.91. The highest BCUT2D eigenvalue weighted by molar-refractivity contribution is 5.92. The maximum atomic E-state index is 11.3. The van der Waals surface area contributed by atoms with Gasteiger partial charge in [0.25, 0.3) is 0 Å². The summed E-state index contributed by atoms with van der Waals surface area (Å²) in [5, 5.41) is 9.03. The summed E-state index contributed by atoms with van der Waals surface area (Å²) in [6.45, 7) is 1.20. The van der Waals surface area contributed by atoms with Crippen molar-refractivity contribution in [1.29, 1.82) is 0 Å². The number of carbonyl (C=O) groups is 3. The number of esters is 1. The largest absolute Gasteiger partial charge is 0.441 e. The van der Waals surface area contributed by atoms with Gasteiger partial charge in [-0.3, -0.25) is 9.59 Å². The lowest BCUT2D eigenvalue weighted by Crippen LogP contribution is -2.43. The van der Waals surface area contributed by atoms with Gasteiger partial charge in [-0.2, -0.15) is 0 Å². The maximum absolute atomic E-state index is 11.3. The Hall–Kier alpha value is -2.01. The number of hydrogen-bond acceptors (Lipinski definition) is 5. The van der Waals surface area contributed by atoms with Gasteiger partial charge in [0, 0.05) is 6.42 Å². The van der Waals surface area contributed by atoms with Gasteiger partial charge in [-0.05, 0) is 12.5 Å². The molecule has 0 aliphatic carbocycles. The van der Waals surface area contributed by atoms with Crippen LogP contribution in [0.5, 0.6) is 0 Å². The van der Waals surface area contributed by atoms with Crippen molar-refractivity contribution in [3.63, 3.8) is 0 Å². The van der Waals surface area contributed by atoms with Crippen molar-refractivity contribution in [3.8, 4) is 0 Å². The predicted molar refractivity (Wildman–Crippen MR) is 62.8 cm³/mol. The fourth-order valence-corrected chi connectivity index (χ4v) is 1.38. The molecule has 1 aromatic rings. The van der Waals surface area contributed by atoms with Crippen molar-refractivity contribution in [2.45, 2.75) is 25.0 Å². The van der Waals surface area contributed by atoms with Crippen LogP contribution in [-0.4, -0.2) is 35.4 Å². The number of aldehydes is 2. The van der Waals surface area contributed by atoms with Crippen molar-refractivity contribution >= 4 is 18.5 Å². The predicted octanol–water partition coefficient (Wildman–Crippen LogP) is 0.290. The summed E-state index contributed by atoms with van der Waals surface area (Å²) < 4.78 is 4.78. The molecule has 96 valence electrons. The Balaban J connectivity index is 2.90. The normalized spacial score (nSPS) is 12.6. The Labute approximate surface area is 104 Å². The standard InChI is InChI=1S/C13H14O5/c1-10(16)12(17)18-13(8-14,9-15)7-11-5-3-2-4-6-11/h2-6,8-10,16H,7H2,1H3. The maximum Gasteiger partial charge on any atom is 0.336 e. The first-order valence-electron chi connectivity index (χ1n) is 5.40. The van der Waals surface area contributed by atoms with E-state index in [1.807, 2.05) is 0 Å². The summed E-state index contributed by atoms with van der Waals surface area (Å²) in [6.07, 6.45) is -0.903. The summed E-state index contributed by atoms with van der Waals surface area (Å²) in [5.41, 5.74) is -1.20. The van der Waals surface area contributed by atoms with Gasteiger partial charge in [0.2, 0.25) is 5.60 Å². The Kier molecular flexibility index (Phi) is 4.74. The average molecular weight is 250 g/mol. The van der Waals surface area contributed by atoms with E-state index in [-0.39, 0.29) is 19.0 Å². The fraction of sp³-hybridized carbons (Fsp3) is 0.308. The van der Waals surface area contributed by atoms with Gasteiger partial charge in [-0.15, -0.1) is 0 Å². The number of hydrogen-bond donors (Lipinski definition) is 1. The van der Waals surface area contributed by atoms with Crippen LogP contribution in [0.3, 0.4) is 0 Å². The number of carbonyl (C=O) groups excluding carboxylic acids is 3. The molecule has 0 bridgehead atoms. The quantitative estimate of drug-likeness (QED) is 0.446. The molecule has 1 N–H and O–H groups in total. The molecule has 1 unspecified atom stereocenters. The van der Waals surface area contributed by atoms with E-state index in [9.17, 15) is 14.4 Å². The molecule has 0 spiro atoms. The van der Waals surface area contributed by atoms with Crippen LogP contribution in [0.1, 0.15) is 12.5 Å². The molecule has 5 nitrogen and oxygen atoms in total. The lowest BCUT2D eigenvalue weighted by atomic mass is 9.97. The van der Waals surface area contributed by atoms with Gasteiger partial charge >= 0.3 is 5.97 Å². The molecular weight excluding hydrogens is 236 g/mol. The van der Waals surface area contributed by atoms with E-state index in [0.29, 0.717) is 5.56 Å². The minimum atomic E-state index is -1.88. The number of aliphatic hydroxyl groups excluding tert-OH is 1. The van der Waals surface area contributed by atoms with E-state index in [1.54, 1.807) is 30.3 Å². The van der Waals surface area contributed by atoms with Gasteiger partial charge in [0.15, 0.2) is 12.6 Å². The fourth-order valence-electron chi connectivity index (χ4n) is 1.38. The molecule has 1 rings (SSSR count). The Bertz CT molecular complexity index is 416. The van der Waals surface area contributed by atoms with Gasteiger partial charge in [0.05, 0.1) is 0 Å². The van der Waals surface area contributed by atoms with E-state index in [4.69, 9.17) is 9.84 Å². The second-order valence-electron chi connectivity index (χ2n) is 3.95. The topological polar surface area (TPSA) is 80.7 Å². The molecule has 5 heteroatoms. The summed E-state index contributed by atoms with van der Waals surface area (Å²) in [4.78, 5) is 33.3. The molecular formula is C13H14O5. The summed E-state index contributed by atoms with van der Waals surface area (Å²) in [6, 6.07) is 8.68. The molecule has 0 saturated carbocycles. The summed E-state index contributed by atoms with van der Waals surface area (Å²) in [7, 11) is 0. The van der Waals surface area contributed by atoms with Crippen LogP contribution in [0.25, 0.3) is 0 Å². The van der Waals surface area contributed by atoms with Crippen LogP contribution >= 0.6 is 0 Å². The van der Waals surface area contributed by atoms with Crippen LogP contribution in [0.15, 0.2) is 30.3 Å². The van der Waals surface area contributed by atoms with Crippen molar-refractivity contribution in [1.82, 2.24) is 0 Å². The lowest BCUT2D eigenvalue weighted by molar-refractivity contribution is -0.171. The van der Waals surface area contributed by atoms with E-state index < -0.39 is 17.7 Å². The van der Waals surface area contributed by atoms with E-state index in [2.05, 4.69) is 0 Å². The van der Waals surface area contributed by atoms with Gasteiger partial charge < -0.3 is 9.84 Å². The third-order valence-corrected chi connectivity index (χ3v) is 2.35. The first kappa shape index (κ1) is 14.1. The first-order chi connectivity index (χ1) is 8.53. The highest BCUT2D eigenvalue weighted by Crippen LogP contribution is 2.15. The molecule has 0 aliphatic rings. The van der Waals surface area contributed by atoms with E-state index in [0.717, 1.165) is 0 Å². The molecule has 0 aromatic heterocycles. The second-order valence-corrected chi connectivity index (χ2v) is 3.95. The van der Waals surface area contributed by atoms with Crippen molar-refractivity contribution in [2.24, 2.45) is 0 Å². The third kappa shape index (κ3) is 3.49. The highest BCUT2D eigenvalue weighted by Gasteiger charge is 2.35. The number of rotatable bonds is 6. The van der Waals surface area contributed by atoms with E-state index >= 15 is 0 Å². The Morgan fingerprint density at radius 3 is 2.33 bits per heavy atom. The van der Waals surface area contributed by atoms with Crippen LogP contribution in [0.4, 0.5) is 0 Å². The minimum absolute atomic E-state index is 0.0563. The zero-order chi connectivity index (χ0) is 13.6. The van der Waals surface area contributed by atoms with Gasteiger partial charge in [-0.1, -0.05) is 30.3 Å². The van der Waals surface area contributed by atoms with Crippen LogP contribution in [0, 0.1) is 0 Å². The molecule has 0 amide bonds. The number of aliphatic hydroxyl groups is 1. The molecule has 0 aliphatic heterocycles. The molecule has 0 fully saturated rings.